The van der Waals surface area contributed by atoms with Crippen LogP contribution in [0.2, 0.25) is 0 Å². The van der Waals surface area contributed by atoms with Crippen molar-refractivity contribution in [2.24, 2.45) is 4.99 Å². The van der Waals surface area contributed by atoms with Crippen LogP contribution < -0.4 is 5.32 Å². The number of rotatable bonds is 4. The van der Waals surface area contributed by atoms with Crippen LogP contribution in [0.15, 0.2) is 58.5 Å². The second-order valence-corrected chi connectivity index (χ2v) is 8.38. The van der Waals surface area contributed by atoms with Crippen molar-refractivity contribution < 1.29 is 8.42 Å². The molecule has 0 bridgehead atoms. The summed E-state index contributed by atoms with van der Waals surface area (Å²) in [7, 11) is -3.33. The molecule has 26 heavy (non-hydrogen) atoms. The number of nitrogens with one attached hydrogen (secondary N) is 1. The molecule has 6 nitrogen and oxygen atoms in total. The van der Waals surface area contributed by atoms with Gasteiger partial charge < -0.3 is 10.2 Å². The van der Waals surface area contributed by atoms with Crippen molar-refractivity contribution in [2.75, 3.05) is 24.7 Å². The molecule has 0 radical (unpaired) electrons. The first-order chi connectivity index (χ1) is 12.5. The fourth-order valence-corrected chi connectivity index (χ4v) is 3.88. The van der Waals surface area contributed by atoms with Gasteiger partial charge in [-0.3, -0.25) is 4.98 Å². The number of anilines is 1. The highest BCUT2D eigenvalue weighted by Crippen LogP contribution is 2.16. The molecule has 0 saturated carbocycles. The zero-order valence-corrected chi connectivity index (χ0v) is 15.7. The molecular formula is C19H24N4O2S. The van der Waals surface area contributed by atoms with Crippen molar-refractivity contribution in [3.63, 3.8) is 0 Å². The Labute approximate surface area is 154 Å². The van der Waals surface area contributed by atoms with Gasteiger partial charge in [0.2, 0.25) is 0 Å². The van der Waals surface area contributed by atoms with E-state index in [1.807, 2.05) is 30.3 Å². The minimum atomic E-state index is -3.33. The average Bonchev–Trinajstić information content (AvgIpc) is 2.66. The number of pyridine rings is 1. The smallest absolute Gasteiger partial charge is 0.198 e. The summed E-state index contributed by atoms with van der Waals surface area (Å²) in [5.41, 5.74) is 1.43. The normalized spacial score (nSPS) is 15.7. The summed E-state index contributed by atoms with van der Waals surface area (Å²) in [6, 6.07) is 13.1. The minimum absolute atomic E-state index is 0.217. The SMILES string of the molecule is CS(=O)(=O)c1cccnc1CN=C(Nc1ccccc1)N1CCCCC1. The Hall–Kier alpha value is -2.41. The van der Waals surface area contributed by atoms with E-state index >= 15 is 0 Å². The molecule has 1 aromatic heterocycles. The summed E-state index contributed by atoms with van der Waals surface area (Å²) in [6.07, 6.45) is 6.30. The van der Waals surface area contributed by atoms with Gasteiger partial charge in [0.1, 0.15) is 0 Å². The first-order valence-electron chi connectivity index (χ1n) is 8.79. The summed E-state index contributed by atoms with van der Waals surface area (Å²) in [5, 5.41) is 3.38. The van der Waals surface area contributed by atoms with Crippen molar-refractivity contribution in [3.8, 4) is 0 Å². The monoisotopic (exact) mass is 372 g/mol. The Balaban J connectivity index is 1.87. The molecule has 0 spiro atoms. The maximum absolute atomic E-state index is 12.0. The number of sulfone groups is 1. The molecule has 138 valence electrons. The number of hydrogen-bond donors (Lipinski definition) is 1. The Morgan fingerprint density at radius 1 is 1.12 bits per heavy atom. The van der Waals surface area contributed by atoms with Gasteiger partial charge in [-0.25, -0.2) is 13.4 Å². The Kier molecular flexibility index (Phi) is 5.88. The van der Waals surface area contributed by atoms with E-state index in [9.17, 15) is 8.42 Å². The predicted octanol–water partition coefficient (Wildman–Crippen LogP) is 2.94. The fraction of sp³-hybridized carbons (Fsp3) is 0.368. The molecule has 2 heterocycles. The Morgan fingerprint density at radius 2 is 1.85 bits per heavy atom. The summed E-state index contributed by atoms with van der Waals surface area (Å²) in [6.45, 7) is 2.11. The quantitative estimate of drug-likeness (QED) is 0.660. The zero-order chi connectivity index (χ0) is 18.4. The molecule has 0 amide bonds. The van der Waals surface area contributed by atoms with Crippen LogP contribution in [0.5, 0.6) is 0 Å². The molecule has 1 N–H and O–H groups in total. The molecule has 1 aliphatic rings. The van der Waals surface area contributed by atoms with Gasteiger partial charge in [-0.05, 0) is 43.5 Å². The first kappa shape index (κ1) is 18.4. The van der Waals surface area contributed by atoms with E-state index in [1.54, 1.807) is 18.3 Å². The lowest BCUT2D eigenvalue weighted by atomic mass is 10.1. The number of benzene rings is 1. The third-order valence-corrected chi connectivity index (χ3v) is 5.48. The van der Waals surface area contributed by atoms with Crippen LogP contribution in [0, 0.1) is 0 Å². The van der Waals surface area contributed by atoms with Crippen molar-refractivity contribution >= 4 is 21.5 Å². The molecule has 1 aliphatic heterocycles. The summed E-state index contributed by atoms with van der Waals surface area (Å²) in [4.78, 5) is 11.4. The molecule has 1 fully saturated rings. The number of likely N-dealkylation sites (tertiary alicyclic amines) is 1. The van der Waals surface area contributed by atoms with E-state index in [2.05, 4.69) is 15.2 Å². The van der Waals surface area contributed by atoms with Crippen LogP contribution in [0.4, 0.5) is 5.69 Å². The van der Waals surface area contributed by atoms with Crippen LogP contribution in [0.3, 0.4) is 0 Å². The highest BCUT2D eigenvalue weighted by atomic mass is 32.2. The maximum atomic E-state index is 12.0. The highest BCUT2D eigenvalue weighted by molar-refractivity contribution is 7.90. The van der Waals surface area contributed by atoms with E-state index in [4.69, 9.17) is 4.99 Å². The van der Waals surface area contributed by atoms with Gasteiger partial charge in [-0.2, -0.15) is 0 Å². The molecule has 0 atom stereocenters. The van der Waals surface area contributed by atoms with Crippen LogP contribution in [-0.2, 0) is 16.4 Å². The third kappa shape index (κ3) is 4.82. The van der Waals surface area contributed by atoms with E-state index in [0.29, 0.717) is 5.69 Å². The Bertz CT molecular complexity index is 860. The van der Waals surface area contributed by atoms with Gasteiger partial charge in [0.25, 0.3) is 0 Å². The molecule has 1 saturated heterocycles. The van der Waals surface area contributed by atoms with E-state index < -0.39 is 9.84 Å². The van der Waals surface area contributed by atoms with Gasteiger partial charge in [0.15, 0.2) is 15.8 Å². The lowest BCUT2D eigenvalue weighted by molar-refractivity contribution is 0.340. The van der Waals surface area contributed by atoms with Crippen molar-refractivity contribution in [2.45, 2.75) is 30.7 Å². The molecule has 2 aromatic rings. The van der Waals surface area contributed by atoms with Gasteiger partial charge in [0, 0.05) is 31.2 Å². The summed E-state index contributed by atoms with van der Waals surface area (Å²) in [5.74, 6) is 0.765. The van der Waals surface area contributed by atoms with Crippen LogP contribution in [-0.4, -0.2) is 43.6 Å². The van der Waals surface area contributed by atoms with Crippen LogP contribution >= 0.6 is 0 Å². The number of nitrogens with zero attached hydrogens (tertiary/aromatic N) is 3. The second-order valence-electron chi connectivity index (χ2n) is 6.40. The minimum Gasteiger partial charge on any atom is -0.343 e. The molecule has 1 aromatic carbocycles. The lowest BCUT2D eigenvalue weighted by Gasteiger charge is -2.30. The molecule has 0 aliphatic carbocycles. The number of aliphatic imine (C=N–C) groups is 1. The molecular weight excluding hydrogens is 348 g/mol. The van der Waals surface area contributed by atoms with Crippen molar-refractivity contribution in [1.82, 2.24) is 9.88 Å². The number of aromatic nitrogens is 1. The molecule has 3 rings (SSSR count). The summed E-state index contributed by atoms with van der Waals surface area (Å²) < 4.78 is 24.0. The Morgan fingerprint density at radius 3 is 2.54 bits per heavy atom. The number of guanidine groups is 1. The first-order valence-corrected chi connectivity index (χ1v) is 10.7. The largest absolute Gasteiger partial charge is 0.343 e. The number of hydrogen-bond acceptors (Lipinski definition) is 4. The third-order valence-electron chi connectivity index (χ3n) is 4.31. The topological polar surface area (TPSA) is 74.7 Å². The van der Waals surface area contributed by atoms with Crippen LogP contribution in [0.25, 0.3) is 0 Å². The van der Waals surface area contributed by atoms with Crippen LogP contribution in [0.1, 0.15) is 25.0 Å². The maximum Gasteiger partial charge on any atom is 0.198 e. The predicted molar refractivity (Wildman–Crippen MR) is 104 cm³/mol. The van der Waals surface area contributed by atoms with Crippen molar-refractivity contribution in [3.05, 3.63) is 54.4 Å². The molecule has 0 unspecified atom stereocenters. The second kappa shape index (κ2) is 8.31. The number of piperidine rings is 1. The van der Waals surface area contributed by atoms with Crippen molar-refractivity contribution in [1.29, 1.82) is 0 Å². The van der Waals surface area contributed by atoms with Gasteiger partial charge in [-0.15, -0.1) is 0 Å². The highest BCUT2D eigenvalue weighted by Gasteiger charge is 2.17. The van der Waals surface area contributed by atoms with E-state index in [1.165, 1.54) is 12.7 Å². The van der Waals surface area contributed by atoms with Gasteiger partial charge in [0.05, 0.1) is 17.1 Å². The van der Waals surface area contributed by atoms with E-state index in [-0.39, 0.29) is 11.4 Å². The molecule has 7 heteroatoms. The lowest BCUT2D eigenvalue weighted by Crippen LogP contribution is -2.40. The van der Waals surface area contributed by atoms with Gasteiger partial charge in [-0.1, -0.05) is 18.2 Å². The fourth-order valence-electron chi connectivity index (χ4n) is 3.00. The number of para-hydroxylation sites is 1. The van der Waals surface area contributed by atoms with Gasteiger partial charge >= 0.3 is 0 Å². The van der Waals surface area contributed by atoms with E-state index in [0.717, 1.165) is 37.6 Å². The standard InChI is InChI=1S/C19H24N4O2S/c1-26(24,25)18-11-8-12-20-17(18)15-21-19(23-13-6-3-7-14-23)22-16-9-4-2-5-10-16/h2,4-5,8-12H,3,6-7,13-15H2,1H3,(H,21,22). The summed E-state index contributed by atoms with van der Waals surface area (Å²) >= 11 is 0. The zero-order valence-electron chi connectivity index (χ0n) is 14.9. The average molecular weight is 372 g/mol.